The Balaban J connectivity index is 1.82. The monoisotopic (exact) mass is 355 g/mol. The molecule has 0 aromatic heterocycles. The zero-order valence-corrected chi connectivity index (χ0v) is 14.1. The van der Waals surface area contributed by atoms with E-state index in [-0.39, 0.29) is 11.9 Å². The SMILES string of the molecule is CC(NC(=O)CCSc1ccccc1Cl)c1ccc(F)c(F)c1. The van der Waals surface area contributed by atoms with E-state index in [0.29, 0.717) is 22.8 Å². The summed E-state index contributed by atoms with van der Waals surface area (Å²) >= 11 is 7.54. The van der Waals surface area contributed by atoms with Crippen LogP contribution in [0, 0.1) is 11.6 Å². The van der Waals surface area contributed by atoms with Gasteiger partial charge < -0.3 is 5.32 Å². The van der Waals surface area contributed by atoms with Crippen molar-refractivity contribution in [2.75, 3.05) is 5.75 Å². The smallest absolute Gasteiger partial charge is 0.221 e. The molecule has 2 aromatic rings. The molecule has 1 atom stereocenters. The van der Waals surface area contributed by atoms with Gasteiger partial charge in [0.05, 0.1) is 11.1 Å². The number of hydrogen-bond donors (Lipinski definition) is 1. The van der Waals surface area contributed by atoms with E-state index >= 15 is 0 Å². The molecule has 0 saturated heterocycles. The van der Waals surface area contributed by atoms with Gasteiger partial charge in [-0.2, -0.15) is 0 Å². The Labute approximate surface area is 143 Å². The van der Waals surface area contributed by atoms with Gasteiger partial charge in [-0.15, -0.1) is 11.8 Å². The van der Waals surface area contributed by atoms with Crippen LogP contribution in [0.1, 0.15) is 24.9 Å². The third-order valence-corrected chi connectivity index (χ3v) is 4.76. The topological polar surface area (TPSA) is 29.1 Å². The summed E-state index contributed by atoms with van der Waals surface area (Å²) in [5.41, 5.74) is 0.524. The maximum atomic E-state index is 13.2. The number of carbonyl (C=O) groups excluding carboxylic acids is 1. The van der Waals surface area contributed by atoms with Crippen LogP contribution in [-0.4, -0.2) is 11.7 Å². The second-order valence-corrected chi connectivity index (χ2v) is 6.54. The molecule has 0 saturated carbocycles. The van der Waals surface area contributed by atoms with Gasteiger partial charge >= 0.3 is 0 Å². The van der Waals surface area contributed by atoms with Crippen LogP contribution < -0.4 is 5.32 Å². The molecule has 1 N–H and O–H groups in total. The first-order valence-electron chi connectivity index (χ1n) is 7.09. The van der Waals surface area contributed by atoms with Crippen molar-refractivity contribution in [2.24, 2.45) is 0 Å². The molecule has 122 valence electrons. The van der Waals surface area contributed by atoms with E-state index in [1.165, 1.54) is 17.8 Å². The van der Waals surface area contributed by atoms with E-state index < -0.39 is 11.6 Å². The molecule has 0 aliphatic rings. The third kappa shape index (κ3) is 5.22. The Hall–Kier alpha value is -1.59. The lowest BCUT2D eigenvalue weighted by Gasteiger charge is -2.14. The van der Waals surface area contributed by atoms with Gasteiger partial charge in [0.15, 0.2) is 11.6 Å². The van der Waals surface area contributed by atoms with Gasteiger partial charge in [-0.05, 0) is 36.8 Å². The number of carbonyl (C=O) groups is 1. The molecule has 0 fully saturated rings. The van der Waals surface area contributed by atoms with Gasteiger partial charge in [-0.3, -0.25) is 4.79 Å². The van der Waals surface area contributed by atoms with Crippen molar-refractivity contribution in [3.05, 3.63) is 64.7 Å². The lowest BCUT2D eigenvalue weighted by atomic mass is 10.1. The molecule has 2 nitrogen and oxygen atoms in total. The summed E-state index contributed by atoms with van der Waals surface area (Å²) < 4.78 is 26.1. The van der Waals surface area contributed by atoms with Crippen molar-refractivity contribution in [2.45, 2.75) is 24.3 Å². The average Bonchev–Trinajstić information content (AvgIpc) is 2.51. The largest absolute Gasteiger partial charge is 0.350 e. The van der Waals surface area contributed by atoms with E-state index in [1.54, 1.807) is 13.0 Å². The first-order valence-corrected chi connectivity index (χ1v) is 8.45. The standard InChI is InChI=1S/C17H16ClF2NOS/c1-11(12-6-7-14(19)15(20)10-12)21-17(22)8-9-23-16-5-3-2-4-13(16)18/h2-7,10-11H,8-9H2,1H3,(H,21,22). The fourth-order valence-electron chi connectivity index (χ4n) is 1.99. The fourth-order valence-corrected chi connectivity index (χ4v) is 3.18. The van der Waals surface area contributed by atoms with Crippen LogP contribution in [0.4, 0.5) is 8.78 Å². The van der Waals surface area contributed by atoms with Crippen LogP contribution in [-0.2, 0) is 4.79 Å². The highest BCUT2D eigenvalue weighted by Gasteiger charge is 2.12. The lowest BCUT2D eigenvalue weighted by molar-refractivity contribution is -0.121. The summed E-state index contributed by atoms with van der Waals surface area (Å²) in [6, 6.07) is 10.7. The van der Waals surface area contributed by atoms with Crippen LogP contribution in [0.25, 0.3) is 0 Å². The van der Waals surface area contributed by atoms with Crippen molar-refractivity contribution >= 4 is 29.3 Å². The van der Waals surface area contributed by atoms with Crippen LogP contribution in [0.15, 0.2) is 47.4 Å². The highest BCUT2D eigenvalue weighted by molar-refractivity contribution is 7.99. The minimum Gasteiger partial charge on any atom is -0.350 e. The molecule has 1 unspecified atom stereocenters. The van der Waals surface area contributed by atoms with E-state index in [2.05, 4.69) is 5.32 Å². The van der Waals surface area contributed by atoms with Crippen molar-refractivity contribution in [3.63, 3.8) is 0 Å². The van der Waals surface area contributed by atoms with Gasteiger partial charge in [0.25, 0.3) is 0 Å². The summed E-state index contributed by atoms with van der Waals surface area (Å²) in [7, 11) is 0. The Kier molecular flexibility index (Phi) is 6.42. The number of amides is 1. The second kappa shape index (κ2) is 8.31. The lowest BCUT2D eigenvalue weighted by Crippen LogP contribution is -2.26. The summed E-state index contributed by atoms with van der Waals surface area (Å²) in [4.78, 5) is 12.9. The van der Waals surface area contributed by atoms with E-state index in [1.807, 2.05) is 18.2 Å². The molecule has 0 bridgehead atoms. The molecule has 2 rings (SSSR count). The Morgan fingerprint density at radius 1 is 1.22 bits per heavy atom. The molecule has 0 radical (unpaired) electrons. The summed E-state index contributed by atoms with van der Waals surface area (Å²) in [5, 5.41) is 3.43. The van der Waals surface area contributed by atoms with E-state index in [0.717, 1.165) is 17.0 Å². The van der Waals surface area contributed by atoms with Crippen LogP contribution in [0.5, 0.6) is 0 Å². The normalized spacial score (nSPS) is 12.0. The van der Waals surface area contributed by atoms with Crippen LogP contribution in [0.3, 0.4) is 0 Å². The molecule has 2 aromatic carbocycles. The van der Waals surface area contributed by atoms with Crippen molar-refractivity contribution in [1.82, 2.24) is 5.32 Å². The Morgan fingerprint density at radius 2 is 1.96 bits per heavy atom. The molecule has 0 aliphatic heterocycles. The van der Waals surface area contributed by atoms with Gasteiger partial charge in [-0.1, -0.05) is 29.8 Å². The van der Waals surface area contributed by atoms with Gasteiger partial charge in [0, 0.05) is 17.1 Å². The highest BCUT2D eigenvalue weighted by atomic mass is 35.5. The number of thioether (sulfide) groups is 1. The number of rotatable bonds is 6. The number of halogens is 3. The molecule has 1 amide bonds. The van der Waals surface area contributed by atoms with Crippen molar-refractivity contribution < 1.29 is 13.6 Å². The van der Waals surface area contributed by atoms with Crippen LogP contribution in [0.2, 0.25) is 5.02 Å². The number of nitrogens with one attached hydrogen (secondary N) is 1. The van der Waals surface area contributed by atoms with Crippen LogP contribution >= 0.6 is 23.4 Å². The molecule has 0 heterocycles. The minimum atomic E-state index is -0.919. The zero-order valence-electron chi connectivity index (χ0n) is 12.5. The molecule has 6 heteroatoms. The molecule has 23 heavy (non-hydrogen) atoms. The van der Waals surface area contributed by atoms with E-state index in [9.17, 15) is 13.6 Å². The average molecular weight is 356 g/mol. The Bertz CT molecular complexity index is 696. The maximum absolute atomic E-state index is 13.2. The number of hydrogen-bond acceptors (Lipinski definition) is 2. The quantitative estimate of drug-likeness (QED) is 0.740. The molecule has 0 spiro atoms. The fraction of sp³-hybridized carbons (Fsp3) is 0.235. The minimum absolute atomic E-state index is 0.151. The predicted molar refractivity (Wildman–Crippen MR) is 89.7 cm³/mol. The first-order chi connectivity index (χ1) is 11.0. The van der Waals surface area contributed by atoms with Gasteiger partial charge in [-0.25, -0.2) is 8.78 Å². The maximum Gasteiger partial charge on any atom is 0.221 e. The van der Waals surface area contributed by atoms with Gasteiger partial charge in [0.1, 0.15) is 0 Å². The summed E-state index contributed by atoms with van der Waals surface area (Å²) in [6.07, 6.45) is 0.309. The predicted octanol–water partition coefficient (Wildman–Crippen LogP) is 4.98. The van der Waals surface area contributed by atoms with E-state index in [4.69, 9.17) is 11.6 Å². The zero-order chi connectivity index (χ0) is 16.8. The molecular formula is C17H16ClF2NOS. The molecule has 0 aliphatic carbocycles. The molecular weight excluding hydrogens is 340 g/mol. The Morgan fingerprint density at radius 3 is 2.65 bits per heavy atom. The van der Waals surface area contributed by atoms with Gasteiger partial charge in [0.2, 0.25) is 5.91 Å². The van der Waals surface area contributed by atoms with Crippen molar-refractivity contribution in [1.29, 1.82) is 0 Å². The number of benzene rings is 2. The highest BCUT2D eigenvalue weighted by Crippen LogP contribution is 2.27. The summed E-state index contributed by atoms with van der Waals surface area (Å²) in [6.45, 7) is 1.73. The summed E-state index contributed by atoms with van der Waals surface area (Å²) in [5.74, 6) is -1.39. The third-order valence-electron chi connectivity index (χ3n) is 3.24. The first kappa shape index (κ1) is 17.8. The second-order valence-electron chi connectivity index (χ2n) is 4.99. The van der Waals surface area contributed by atoms with Crippen molar-refractivity contribution in [3.8, 4) is 0 Å².